The number of carbonyl (C=O) groups excluding carboxylic acids is 2. The number of hydrogen-bond donors (Lipinski definition) is 3. The standard InChI is InChI=1S/C14H21N3O3.ClH/c1-10-11(4-2-7-15-10)17-13(18)6-8-16-14(19)12-5-3-9-20-12;/h3,5,9-11,15H,2,4,6-8H2,1H3,(H,16,19)(H,17,18);1H. The van der Waals surface area contributed by atoms with Crippen LogP contribution in [-0.4, -0.2) is 37.0 Å². The van der Waals surface area contributed by atoms with Gasteiger partial charge in [0.15, 0.2) is 5.76 Å². The van der Waals surface area contributed by atoms with Crippen molar-refractivity contribution in [2.75, 3.05) is 13.1 Å². The van der Waals surface area contributed by atoms with Crippen molar-refractivity contribution in [3.8, 4) is 0 Å². The van der Waals surface area contributed by atoms with Crippen LogP contribution in [0.15, 0.2) is 22.8 Å². The third-order valence-electron chi connectivity index (χ3n) is 3.49. The van der Waals surface area contributed by atoms with E-state index in [1.165, 1.54) is 6.26 Å². The number of hydrogen-bond acceptors (Lipinski definition) is 4. The second-order valence-corrected chi connectivity index (χ2v) is 5.04. The van der Waals surface area contributed by atoms with Gasteiger partial charge in [0.05, 0.1) is 6.26 Å². The van der Waals surface area contributed by atoms with Gasteiger partial charge in [0, 0.05) is 25.0 Å². The van der Waals surface area contributed by atoms with E-state index in [0.29, 0.717) is 12.6 Å². The summed E-state index contributed by atoms with van der Waals surface area (Å²) in [6.45, 7) is 3.38. The maximum atomic E-state index is 11.8. The molecule has 1 aromatic rings. The van der Waals surface area contributed by atoms with Crippen LogP contribution < -0.4 is 16.0 Å². The average Bonchev–Trinajstić information content (AvgIpc) is 2.95. The zero-order valence-electron chi connectivity index (χ0n) is 12.1. The van der Waals surface area contributed by atoms with Crippen molar-refractivity contribution in [2.24, 2.45) is 0 Å². The van der Waals surface area contributed by atoms with Crippen molar-refractivity contribution in [3.05, 3.63) is 24.2 Å². The Hall–Kier alpha value is -1.53. The molecule has 2 heterocycles. The lowest BCUT2D eigenvalue weighted by Crippen LogP contribution is -2.52. The van der Waals surface area contributed by atoms with Gasteiger partial charge in [-0.25, -0.2) is 0 Å². The molecule has 1 fully saturated rings. The van der Waals surface area contributed by atoms with E-state index in [4.69, 9.17) is 4.42 Å². The fraction of sp³-hybridized carbons (Fsp3) is 0.571. The molecule has 7 heteroatoms. The minimum Gasteiger partial charge on any atom is -0.459 e. The minimum absolute atomic E-state index is 0. The van der Waals surface area contributed by atoms with E-state index in [9.17, 15) is 9.59 Å². The second-order valence-electron chi connectivity index (χ2n) is 5.04. The molecule has 1 aliphatic rings. The molecule has 2 rings (SSSR count). The zero-order chi connectivity index (χ0) is 14.4. The highest BCUT2D eigenvalue weighted by Gasteiger charge is 2.22. The van der Waals surface area contributed by atoms with Crippen LogP contribution in [-0.2, 0) is 4.79 Å². The third-order valence-corrected chi connectivity index (χ3v) is 3.49. The smallest absolute Gasteiger partial charge is 0.286 e. The first-order chi connectivity index (χ1) is 9.66. The number of amides is 2. The van der Waals surface area contributed by atoms with Gasteiger partial charge in [-0.2, -0.15) is 0 Å². The van der Waals surface area contributed by atoms with Crippen LogP contribution in [0, 0.1) is 0 Å². The summed E-state index contributed by atoms with van der Waals surface area (Å²) in [6, 6.07) is 3.71. The molecule has 1 aromatic heterocycles. The highest BCUT2D eigenvalue weighted by atomic mass is 35.5. The van der Waals surface area contributed by atoms with Gasteiger partial charge in [-0.05, 0) is 38.4 Å². The first-order valence-electron chi connectivity index (χ1n) is 7.01. The Morgan fingerprint density at radius 1 is 1.48 bits per heavy atom. The van der Waals surface area contributed by atoms with Crippen molar-refractivity contribution >= 4 is 24.2 Å². The fourth-order valence-corrected chi connectivity index (χ4v) is 2.30. The number of nitrogens with one attached hydrogen (secondary N) is 3. The summed E-state index contributed by atoms with van der Waals surface area (Å²) in [7, 11) is 0. The number of piperidine rings is 1. The molecule has 1 aliphatic heterocycles. The van der Waals surface area contributed by atoms with Gasteiger partial charge in [0.25, 0.3) is 5.91 Å². The van der Waals surface area contributed by atoms with E-state index < -0.39 is 0 Å². The zero-order valence-corrected chi connectivity index (χ0v) is 12.9. The molecule has 6 nitrogen and oxygen atoms in total. The Morgan fingerprint density at radius 3 is 2.95 bits per heavy atom. The molecule has 0 aromatic carbocycles. The average molecular weight is 316 g/mol. The van der Waals surface area contributed by atoms with Crippen LogP contribution in [0.4, 0.5) is 0 Å². The van der Waals surface area contributed by atoms with E-state index in [1.54, 1.807) is 12.1 Å². The molecule has 0 bridgehead atoms. The number of halogens is 1. The van der Waals surface area contributed by atoms with Crippen LogP contribution in [0.5, 0.6) is 0 Å². The van der Waals surface area contributed by atoms with Crippen LogP contribution >= 0.6 is 12.4 Å². The first kappa shape index (κ1) is 17.5. The molecule has 1 saturated heterocycles. The van der Waals surface area contributed by atoms with Crippen LogP contribution in [0.3, 0.4) is 0 Å². The molecular weight excluding hydrogens is 294 g/mol. The Balaban J connectivity index is 0.00000220. The summed E-state index contributed by atoms with van der Waals surface area (Å²) in [5.41, 5.74) is 0. The fourth-order valence-electron chi connectivity index (χ4n) is 2.30. The molecule has 0 radical (unpaired) electrons. The van der Waals surface area contributed by atoms with E-state index in [1.807, 2.05) is 0 Å². The molecule has 21 heavy (non-hydrogen) atoms. The molecule has 3 N–H and O–H groups in total. The predicted molar refractivity (Wildman–Crippen MR) is 81.5 cm³/mol. The van der Waals surface area contributed by atoms with E-state index in [-0.39, 0.29) is 42.4 Å². The summed E-state index contributed by atoms with van der Waals surface area (Å²) in [4.78, 5) is 23.4. The molecule has 2 atom stereocenters. The molecule has 2 unspecified atom stereocenters. The third kappa shape index (κ3) is 5.40. The van der Waals surface area contributed by atoms with Crippen LogP contribution in [0.1, 0.15) is 36.7 Å². The highest BCUT2D eigenvalue weighted by molar-refractivity contribution is 5.91. The first-order valence-corrected chi connectivity index (χ1v) is 7.01. The number of carbonyl (C=O) groups is 2. The Labute approximate surface area is 130 Å². The van der Waals surface area contributed by atoms with Crippen molar-refractivity contribution < 1.29 is 14.0 Å². The van der Waals surface area contributed by atoms with Crippen molar-refractivity contribution in [1.29, 1.82) is 0 Å². The maximum Gasteiger partial charge on any atom is 0.286 e. The van der Waals surface area contributed by atoms with Crippen molar-refractivity contribution in [1.82, 2.24) is 16.0 Å². The topological polar surface area (TPSA) is 83.4 Å². The maximum absolute atomic E-state index is 11.8. The lowest BCUT2D eigenvalue weighted by atomic mass is 10.00. The summed E-state index contributed by atoms with van der Waals surface area (Å²) in [5.74, 6) is -0.0729. The number of rotatable bonds is 5. The molecule has 0 saturated carbocycles. The minimum atomic E-state index is -0.296. The summed E-state index contributed by atoms with van der Waals surface area (Å²) in [6.07, 6.45) is 3.79. The van der Waals surface area contributed by atoms with Gasteiger partial charge < -0.3 is 20.4 Å². The van der Waals surface area contributed by atoms with E-state index in [0.717, 1.165) is 19.4 Å². The van der Waals surface area contributed by atoms with Gasteiger partial charge >= 0.3 is 0 Å². The van der Waals surface area contributed by atoms with Gasteiger partial charge in [-0.1, -0.05) is 0 Å². The van der Waals surface area contributed by atoms with Gasteiger partial charge in [-0.15, -0.1) is 12.4 Å². The van der Waals surface area contributed by atoms with Crippen molar-refractivity contribution in [2.45, 2.75) is 38.3 Å². The summed E-state index contributed by atoms with van der Waals surface area (Å²) < 4.78 is 4.97. The van der Waals surface area contributed by atoms with Crippen LogP contribution in [0.25, 0.3) is 0 Å². The molecule has 2 amide bonds. The molecule has 0 aliphatic carbocycles. The van der Waals surface area contributed by atoms with E-state index >= 15 is 0 Å². The Morgan fingerprint density at radius 2 is 2.29 bits per heavy atom. The Kier molecular flexibility index (Phi) is 7.25. The Bertz CT molecular complexity index is 450. The monoisotopic (exact) mass is 315 g/mol. The van der Waals surface area contributed by atoms with Gasteiger partial charge in [0.1, 0.15) is 0 Å². The SMILES string of the molecule is CC1NCCCC1NC(=O)CCNC(=O)c1ccco1.Cl. The van der Waals surface area contributed by atoms with Crippen LogP contribution in [0.2, 0.25) is 0 Å². The summed E-state index contributed by atoms with van der Waals surface area (Å²) >= 11 is 0. The normalized spacial score (nSPS) is 21.2. The largest absolute Gasteiger partial charge is 0.459 e. The van der Waals surface area contributed by atoms with Crippen molar-refractivity contribution in [3.63, 3.8) is 0 Å². The second kappa shape index (κ2) is 8.69. The quantitative estimate of drug-likeness (QED) is 0.759. The highest BCUT2D eigenvalue weighted by Crippen LogP contribution is 2.08. The molecular formula is C14H22ClN3O3. The molecule has 0 spiro atoms. The van der Waals surface area contributed by atoms with E-state index in [2.05, 4.69) is 22.9 Å². The molecule has 118 valence electrons. The van der Waals surface area contributed by atoms with Gasteiger partial charge in [-0.3, -0.25) is 9.59 Å². The predicted octanol–water partition coefficient (Wildman–Crippen LogP) is 1.08. The number of furan rings is 1. The lowest BCUT2D eigenvalue weighted by molar-refractivity contribution is -0.122. The summed E-state index contributed by atoms with van der Waals surface area (Å²) in [5, 5.41) is 8.99. The van der Waals surface area contributed by atoms with Gasteiger partial charge in [0.2, 0.25) is 5.91 Å². The lowest BCUT2D eigenvalue weighted by Gasteiger charge is -2.30.